The van der Waals surface area contributed by atoms with Gasteiger partial charge in [0.05, 0.1) is 25.2 Å². The van der Waals surface area contributed by atoms with Crippen molar-refractivity contribution >= 4 is 16.9 Å². The number of methoxy groups -OCH3 is 1. The van der Waals surface area contributed by atoms with Crippen molar-refractivity contribution < 1.29 is 14.6 Å². The molecule has 0 spiro atoms. The van der Waals surface area contributed by atoms with Gasteiger partial charge in [0.15, 0.2) is 0 Å². The molecule has 0 amide bonds. The van der Waals surface area contributed by atoms with Crippen LogP contribution < -0.4 is 0 Å². The van der Waals surface area contributed by atoms with E-state index in [4.69, 9.17) is 4.74 Å². The van der Waals surface area contributed by atoms with Gasteiger partial charge in [0, 0.05) is 29.7 Å². The smallest absolute Gasteiger partial charge is 0.311 e. The first-order chi connectivity index (χ1) is 12.7. The third kappa shape index (κ3) is 2.33. The molecule has 1 aromatic carbocycles. The van der Waals surface area contributed by atoms with Gasteiger partial charge in [-0.25, -0.2) is 0 Å². The minimum Gasteiger partial charge on any atom is -0.469 e. The monoisotopic (exact) mass is 354 g/mol. The Hall–Kier alpha value is -1.85. The van der Waals surface area contributed by atoms with Gasteiger partial charge < -0.3 is 14.8 Å². The summed E-state index contributed by atoms with van der Waals surface area (Å²) in [5.74, 6) is 0.0541. The Kier molecular flexibility index (Phi) is 3.83. The summed E-state index contributed by atoms with van der Waals surface area (Å²) in [6.45, 7) is 2.10. The van der Waals surface area contributed by atoms with Gasteiger partial charge in [-0.05, 0) is 49.1 Å². The molecule has 3 aliphatic rings. The molecular formula is C21H26N2O3. The lowest BCUT2D eigenvalue weighted by molar-refractivity contribution is -0.160. The van der Waals surface area contributed by atoms with Gasteiger partial charge in [-0.2, -0.15) is 0 Å². The molecule has 138 valence electrons. The molecule has 5 nitrogen and oxygen atoms in total. The van der Waals surface area contributed by atoms with Crippen LogP contribution in [-0.4, -0.2) is 47.3 Å². The number of carbonyl (C=O) groups excluding carboxylic acids is 1. The van der Waals surface area contributed by atoms with Gasteiger partial charge in [-0.1, -0.05) is 18.2 Å². The lowest BCUT2D eigenvalue weighted by Gasteiger charge is -2.50. The summed E-state index contributed by atoms with van der Waals surface area (Å²) in [6, 6.07) is 8.83. The number of nitrogens with zero attached hydrogens (tertiary/aromatic N) is 1. The maximum atomic E-state index is 12.4. The number of esters is 1. The molecule has 1 aromatic heterocycles. The van der Waals surface area contributed by atoms with Crippen LogP contribution in [0.3, 0.4) is 0 Å². The Labute approximate surface area is 153 Å². The normalized spacial score (nSPS) is 34.0. The molecule has 5 rings (SSSR count). The number of aliphatic hydroxyl groups is 1. The molecule has 2 fully saturated rings. The van der Waals surface area contributed by atoms with Gasteiger partial charge in [0.25, 0.3) is 0 Å². The zero-order valence-electron chi connectivity index (χ0n) is 15.1. The lowest BCUT2D eigenvalue weighted by atomic mass is 9.65. The van der Waals surface area contributed by atoms with Crippen LogP contribution in [0.25, 0.3) is 10.9 Å². The van der Waals surface area contributed by atoms with Crippen molar-refractivity contribution in [3.63, 3.8) is 0 Å². The number of aromatic nitrogens is 1. The van der Waals surface area contributed by atoms with Crippen LogP contribution in [0, 0.1) is 17.8 Å². The number of para-hydroxylation sites is 1. The molecular weight excluding hydrogens is 328 g/mol. The Balaban J connectivity index is 1.52. The molecule has 2 aromatic rings. The van der Waals surface area contributed by atoms with E-state index in [9.17, 15) is 9.90 Å². The molecule has 3 heterocycles. The van der Waals surface area contributed by atoms with Gasteiger partial charge in [0.2, 0.25) is 0 Å². The fraction of sp³-hybridized carbons (Fsp3) is 0.571. The van der Waals surface area contributed by atoms with E-state index in [1.54, 1.807) is 0 Å². The SMILES string of the molecule is COC(=O)[C@H]1[C@@H]2C[C@@H]3c4[nH]c5ccccc5c4CCN3C[C@H]2CC[C@@H]1O. The highest BCUT2D eigenvalue weighted by Crippen LogP contribution is 2.49. The molecule has 1 aliphatic carbocycles. The highest BCUT2D eigenvalue weighted by Gasteiger charge is 2.49. The first kappa shape index (κ1) is 16.3. The number of hydrogen-bond donors (Lipinski definition) is 2. The zero-order valence-corrected chi connectivity index (χ0v) is 15.1. The fourth-order valence-corrected chi connectivity index (χ4v) is 5.80. The van der Waals surface area contributed by atoms with Crippen molar-refractivity contribution in [2.75, 3.05) is 20.2 Å². The highest BCUT2D eigenvalue weighted by atomic mass is 16.5. The van der Waals surface area contributed by atoms with Crippen LogP contribution in [-0.2, 0) is 16.0 Å². The van der Waals surface area contributed by atoms with Crippen LogP contribution in [0.1, 0.15) is 36.6 Å². The Bertz CT molecular complexity index is 845. The van der Waals surface area contributed by atoms with Gasteiger partial charge in [0.1, 0.15) is 0 Å². The average Bonchev–Trinajstić information content (AvgIpc) is 3.05. The summed E-state index contributed by atoms with van der Waals surface area (Å²) >= 11 is 0. The molecule has 5 heteroatoms. The highest BCUT2D eigenvalue weighted by molar-refractivity contribution is 5.85. The van der Waals surface area contributed by atoms with Crippen LogP contribution >= 0.6 is 0 Å². The summed E-state index contributed by atoms with van der Waals surface area (Å²) < 4.78 is 5.04. The molecule has 2 aliphatic heterocycles. The summed E-state index contributed by atoms with van der Waals surface area (Å²) in [5.41, 5.74) is 3.96. The molecule has 0 radical (unpaired) electrons. The second-order valence-corrected chi connectivity index (χ2v) is 8.18. The summed E-state index contributed by atoms with van der Waals surface area (Å²) in [5, 5.41) is 11.8. The first-order valence-corrected chi connectivity index (χ1v) is 9.76. The summed E-state index contributed by atoms with van der Waals surface area (Å²) in [4.78, 5) is 18.6. The molecule has 26 heavy (non-hydrogen) atoms. The lowest BCUT2D eigenvalue weighted by Crippen LogP contribution is -2.53. The first-order valence-electron chi connectivity index (χ1n) is 9.76. The molecule has 1 saturated carbocycles. The number of fused-ring (bicyclic) bond motifs is 6. The van der Waals surface area contributed by atoms with Crippen molar-refractivity contribution in [1.29, 1.82) is 0 Å². The van der Waals surface area contributed by atoms with E-state index in [0.29, 0.717) is 18.4 Å². The second kappa shape index (κ2) is 6.10. The van der Waals surface area contributed by atoms with E-state index >= 15 is 0 Å². The number of nitrogens with one attached hydrogen (secondary N) is 1. The van der Waals surface area contributed by atoms with Gasteiger partial charge >= 0.3 is 5.97 Å². The number of hydrogen-bond acceptors (Lipinski definition) is 4. The van der Waals surface area contributed by atoms with E-state index in [1.165, 1.54) is 29.3 Å². The quantitative estimate of drug-likeness (QED) is 0.773. The van der Waals surface area contributed by atoms with E-state index in [2.05, 4.69) is 34.1 Å². The molecule has 0 bridgehead atoms. The maximum Gasteiger partial charge on any atom is 0.311 e. The third-order valence-corrected chi connectivity index (χ3v) is 7.02. The van der Waals surface area contributed by atoms with Crippen molar-refractivity contribution in [2.24, 2.45) is 17.8 Å². The number of aliphatic hydroxyl groups excluding tert-OH is 1. The molecule has 5 atom stereocenters. The van der Waals surface area contributed by atoms with E-state index in [1.807, 2.05) is 0 Å². The largest absolute Gasteiger partial charge is 0.469 e. The van der Waals surface area contributed by atoms with Gasteiger partial charge in [-0.3, -0.25) is 9.69 Å². The van der Waals surface area contributed by atoms with E-state index in [-0.39, 0.29) is 17.8 Å². The van der Waals surface area contributed by atoms with Gasteiger partial charge in [-0.15, -0.1) is 0 Å². The predicted molar refractivity (Wildman–Crippen MR) is 98.7 cm³/mol. The molecule has 2 N–H and O–H groups in total. The van der Waals surface area contributed by atoms with Crippen LogP contribution in [0.4, 0.5) is 0 Å². The second-order valence-electron chi connectivity index (χ2n) is 8.18. The summed E-state index contributed by atoms with van der Waals surface area (Å²) in [7, 11) is 1.43. The number of carbonyl (C=O) groups is 1. The number of H-pyrrole nitrogens is 1. The zero-order chi connectivity index (χ0) is 17.8. The molecule has 1 saturated heterocycles. The Morgan fingerprint density at radius 1 is 1.31 bits per heavy atom. The Morgan fingerprint density at radius 2 is 2.15 bits per heavy atom. The number of ether oxygens (including phenoxy) is 1. The summed E-state index contributed by atoms with van der Waals surface area (Å²) in [6.07, 6.45) is 3.14. The average molecular weight is 354 g/mol. The number of aromatic amines is 1. The van der Waals surface area contributed by atoms with Crippen LogP contribution in [0.15, 0.2) is 24.3 Å². The standard InChI is InChI=1S/C21H26N2O3/c1-26-21(25)19-15-10-17-20-14(13-4-2-3-5-16(13)22-20)8-9-23(17)11-12(15)6-7-18(19)24/h2-5,12,15,17-19,22,24H,6-11H2,1H3/t12-,15-,17-,18+,19+/m1/s1. The number of rotatable bonds is 1. The predicted octanol–water partition coefficient (Wildman–Crippen LogP) is 2.65. The van der Waals surface area contributed by atoms with Crippen LogP contribution in [0.5, 0.6) is 0 Å². The molecule has 0 unspecified atom stereocenters. The number of benzene rings is 1. The number of piperidine rings is 1. The van der Waals surface area contributed by atoms with Crippen molar-refractivity contribution in [3.05, 3.63) is 35.5 Å². The minimum atomic E-state index is -0.568. The Morgan fingerprint density at radius 3 is 3.00 bits per heavy atom. The third-order valence-electron chi connectivity index (χ3n) is 7.02. The topological polar surface area (TPSA) is 65.6 Å². The van der Waals surface area contributed by atoms with E-state index in [0.717, 1.165) is 32.4 Å². The minimum absolute atomic E-state index is 0.199. The fourth-order valence-electron chi connectivity index (χ4n) is 5.80. The van der Waals surface area contributed by atoms with E-state index < -0.39 is 6.10 Å². The van der Waals surface area contributed by atoms with Crippen molar-refractivity contribution in [1.82, 2.24) is 9.88 Å². The van der Waals surface area contributed by atoms with Crippen LogP contribution in [0.2, 0.25) is 0 Å². The van der Waals surface area contributed by atoms with Crippen molar-refractivity contribution in [2.45, 2.75) is 37.8 Å². The van der Waals surface area contributed by atoms with Crippen molar-refractivity contribution in [3.8, 4) is 0 Å². The maximum absolute atomic E-state index is 12.4.